The molecule has 4 nitrogen and oxygen atoms in total. The van der Waals surface area contributed by atoms with E-state index in [1.807, 2.05) is 4.90 Å². The van der Waals surface area contributed by atoms with Gasteiger partial charge in [-0.05, 0) is 6.42 Å². The summed E-state index contributed by atoms with van der Waals surface area (Å²) in [6, 6.07) is 0. The van der Waals surface area contributed by atoms with E-state index in [0.29, 0.717) is 12.5 Å². The van der Waals surface area contributed by atoms with Crippen LogP contribution in [0, 0.1) is 5.92 Å². The first kappa shape index (κ1) is 8.97. The summed E-state index contributed by atoms with van der Waals surface area (Å²) in [5, 5.41) is 3.24. The maximum absolute atomic E-state index is 11.8. The Balaban J connectivity index is 1.87. The number of ether oxygens (including phenoxy) is 1. The summed E-state index contributed by atoms with van der Waals surface area (Å²) in [4.78, 5) is 13.8. The summed E-state index contributed by atoms with van der Waals surface area (Å²) in [7, 11) is 0. The number of hydrogen-bond donors (Lipinski definition) is 1. The Labute approximate surface area is 78.2 Å². The highest BCUT2D eigenvalue weighted by Crippen LogP contribution is 2.15. The fourth-order valence-electron chi connectivity index (χ4n) is 1.87. The zero-order valence-corrected chi connectivity index (χ0v) is 7.79. The minimum Gasteiger partial charge on any atom is -0.381 e. The van der Waals surface area contributed by atoms with Gasteiger partial charge in [0.15, 0.2) is 0 Å². The van der Waals surface area contributed by atoms with Crippen LogP contribution >= 0.6 is 0 Å². The molecule has 2 aliphatic heterocycles. The number of piperazine rings is 1. The van der Waals surface area contributed by atoms with Crippen molar-refractivity contribution in [2.75, 3.05) is 39.4 Å². The van der Waals surface area contributed by atoms with E-state index in [2.05, 4.69) is 5.32 Å². The summed E-state index contributed by atoms with van der Waals surface area (Å²) in [5.41, 5.74) is 0. The Morgan fingerprint density at radius 2 is 2.15 bits per heavy atom. The molecule has 2 heterocycles. The van der Waals surface area contributed by atoms with E-state index < -0.39 is 0 Å². The van der Waals surface area contributed by atoms with E-state index in [1.165, 1.54) is 0 Å². The molecule has 0 spiro atoms. The third kappa shape index (κ3) is 2.00. The van der Waals surface area contributed by atoms with Crippen LogP contribution in [0.3, 0.4) is 0 Å². The first-order valence-electron chi connectivity index (χ1n) is 4.95. The molecule has 4 heteroatoms. The molecular formula is C9H16N2O2. The third-order valence-electron chi connectivity index (χ3n) is 2.71. The fraction of sp³-hybridized carbons (Fsp3) is 0.889. The quantitative estimate of drug-likeness (QED) is 0.595. The molecule has 13 heavy (non-hydrogen) atoms. The van der Waals surface area contributed by atoms with Crippen molar-refractivity contribution in [3.8, 4) is 0 Å². The van der Waals surface area contributed by atoms with Crippen LogP contribution in [0.1, 0.15) is 6.42 Å². The summed E-state index contributed by atoms with van der Waals surface area (Å²) < 4.78 is 5.21. The third-order valence-corrected chi connectivity index (χ3v) is 2.71. The minimum absolute atomic E-state index is 0.137. The average molecular weight is 184 g/mol. The molecule has 2 fully saturated rings. The number of hydrogen-bond acceptors (Lipinski definition) is 3. The van der Waals surface area contributed by atoms with Crippen molar-refractivity contribution < 1.29 is 9.53 Å². The molecular weight excluding hydrogens is 168 g/mol. The standard InChI is InChI=1S/C9H16N2O2/c12-9(8-1-6-13-7-8)11-4-2-10-3-5-11/h8,10H,1-7H2/t8-/m1/s1. The Morgan fingerprint density at radius 1 is 1.38 bits per heavy atom. The lowest BCUT2D eigenvalue weighted by molar-refractivity contribution is -0.136. The molecule has 1 N–H and O–H groups in total. The van der Waals surface area contributed by atoms with Crippen LogP contribution in [0.5, 0.6) is 0 Å². The largest absolute Gasteiger partial charge is 0.381 e. The zero-order chi connectivity index (χ0) is 9.10. The molecule has 0 aliphatic carbocycles. The van der Waals surface area contributed by atoms with Gasteiger partial charge >= 0.3 is 0 Å². The maximum atomic E-state index is 11.8. The number of nitrogens with zero attached hydrogens (tertiary/aromatic N) is 1. The monoisotopic (exact) mass is 184 g/mol. The van der Waals surface area contributed by atoms with Gasteiger partial charge in [0.2, 0.25) is 5.91 Å². The fourth-order valence-corrected chi connectivity index (χ4v) is 1.87. The highest BCUT2D eigenvalue weighted by atomic mass is 16.5. The summed E-state index contributed by atoms with van der Waals surface area (Å²) in [5.74, 6) is 0.428. The smallest absolute Gasteiger partial charge is 0.228 e. The van der Waals surface area contributed by atoms with Crippen LogP contribution in [0.2, 0.25) is 0 Å². The summed E-state index contributed by atoms with van der Waals surface area (Å²) in [6.45, 7) is 4.95. The highest BCUT2D eigenvalue weighted by Gasteiger charge is 2.28. The zero-order valence-electron chi connectivity index (χ0n) is 7.79. The predicted octanol–water partition coefficient (Wildman–Crippen LogP) is -0.545. The van der Waals surface area contributed by atoms with Crippen LogP contribution in [0.25, 0.3) is 0 Å². The number of carbonyl (C=O) groups excluding carboxylic acids is 1. The van der Waals surface area contributed by atoms with Gasteiger partial charge in [0.05, 0.1) is 12.5 Å². The average Bonchev–Trinajstić information content (AvgIpc) is 2.71. The summed E-state index contributed by atoms with van der Waals surface area (Å²) >= 11 is 0. The Bertz CT molecular complexity index is 184. The van der Waals surface area contributed by atoms with E-state index in [-0.39, 0.29) is 5.92 Å². The molecule has 0 aromatic heterocycles. The van der Waals surface area contributed by atoms with E-state index in [1.54, 1.807) is 0 Å². The van der Waals surface area contributed by atoms with Gasteiger partial charge in [-0.15, -0.1) is 0 Å². The van der Waals surface area contributed by atoms with Gasteiger partial charge in [-0.2, -0.15) is 0 Å². The molecule has 1 atom stereocenters. The summed E-state index contributed by atoms with van der Waals surface area (Å²) in [6.07, 6.45) is 0.906. The van der Waals surface area contributed by atoms with Crippen molar-refractivity contribution in [2.45, 2.75) is 6.42 Å². The molecule has 2 aliphatic rings. The molecule has 0 bridgehead atoms. The molecule has 0 aromatic carbocycles. The molecule has 0 unspecified atom stereocenters. The second-order valence-electron chi connectivity index (χ2n) is 3.64. The van der Waals surface area contributed by atoms with Gasteiger partial charge in [0.25, 0.3) is 0 Å². The lowest BCUT2D eigenvalue weighted by atomic mass is 10.1. The molecule has 2 saturated heterocycles. The van der Waals surface area contributed by atoms with Crippen LogP contribution in [0.15, 0.2) is 0 Å². The van der Waals surface area contributed by atoms with E-state index in [4.69, 9.17) is 4.74 Å². The van der Waals surface area contributed by atoms with Crippen LogP contribution in [-0.4, -0.2) is 50.2 Å². The van der Waals surface area contributed by atoms with Gasteiger partial charge in [0, 0.05) is 32.8 Å². The SMILES string of the molecule is O=C([C@@H]1CCOC1)N1CCNCC1. The molecule has 0 aromatic rings. The lowest BCUT2D eigenvalue weighted by Gasteiger charge is -2.29. The normalized spacial score (nSPS) is 29.2. The minimum atomic E-state index is 0.137. The van der Waals surface area contributed by atoms with Crippen molar-refractivity contribution in [1.82, 2.24) is 10.2 Å². The van der Waals surface area contributed by atoms with E-state index in [9.17, 15) is 4.79 Å². The highest BCUT2D eigenvalue weighted by molar-refractivity contribution is 5.79. The van der Waals surface area contributed by atoms with Gasteiger partial charge in [-0.25, -0.2) is 0 Å². The number of amides is 1. The van der Waals surface area contributed by atoms with Gasteiger partial charge in [0.1, 0.15) is 0 Å². The number of nitrogens with one attached hydrogen (secondary N) is 1. The Hall–Kier alpha value is -0.610. The van der Waals surface area contributed by atoms with Gasteiger partial charge in [-0.3, -0.25) is 4.79 Å². The first-order valence-corrected chi connectivity index (χ1v) is 4.95. The van der Waals surface area contributed by atoms with Crippen LogP contribution < -0.4 is 5.32 Å². The topological polar surface area (TPSA) is 41.6 Å². The molecule has 0 saturated carbocycles. The number of carbonyl (C=O) groups is 1. The maximum Gasteiger partial charge on any atom is 0.228 e. The van der Waals surface area contributed by atoms with Crippen molar-refractivity contribution in [1.29, 1.82) is 0 Å². The lowest BCUT2D eigenvalue weighted by Crippen LogP contribution is -2.48. The van der Waals surface area contributed by atoms with Crippen molar-refractivity contribution in [2.24, 2.45) is 5.92 Å². The molecule has 0 radical (unpaired) electrons. The molecule has 2 rings (SSSR count). The Morgan fingerprint density at radius 3 is 2.77 bits per heavy atom. The van der Waals surface area contributed by atoms with E-state index in [0.717, 1.165) is 39.2 Å². The first-order chi connectivity index (χ1) is 6.38. The molecule has 1 amide bonds. The van der Waals surface area contributed by atoms with E-state index >= 15 is 0 Å². The van der Waals surface area contributed by atoms with Crippen molar-refractivity contribution in [3.63, 3.8) is 0 Å². The predicted molar refractivity (Wildman–Crippen MR) is 48.4 cm³/mol. The van der Waals surface area contributed by atoms with Crippen molar-refractivity contribution in [3.05, 3.63) is 0 Å². The Kier molecular flexibility index (Phi) is 2.80. The molecule has 74 valence electrons. The van der Waals surface area contributed by atoms with Crippen LogP contribution in [-0.2, 0) is 9.53 Å². The second kappa shape index (κ2) is 4.07. The van der Waals surface area contributed by atoms with Gasteiger partial charge < -0.3 is 15.0 Å². The second-order valence-corrected chi connectivity index (χ2v) is 3.64. The van der Waals surface area contributed by atoms with Gasteiger partial charge in [-0.1, -0.05) is 0 Å². The number of rotatable bonds is 1. The van der Waals surface area contributed by atoms with Crippen LogP contribution in [0.4, 0.5) is 0 Å². The van der Waals surface area contributed by atoms with Crippen molar-refractivity contribution >= 4 is 5.91 Å².